The van der Waals surface area contributed by atoms with Crippen LogP contribution in [0.1, 0.15) is 74.6 Å². The molecule has 2 saturated heterocycles. The second kappa shape index (κ2) is 35.5. The molecule has 421 valence electrons. The van der Waals surface area contributed by atoms with Gasteiger partial charge in [0, 0.05) is 102 Å². The maximum absolute atomic E-state index is 14.1. The van der Waals surface area contributed by atoms with Crippen molar-refractivity contribution in [3.8, 4) is 5.75 Å². The first-order valence-corrected chi connectivity index (χ1v) is 26.5. The molecule has 0 saturated carbocycles. The number of hydrogen-bond acceptors (Lipinski definition) is 15. The van der Waals surface area contributed by atoms with Gasteiger partial charge in [0.25, 0.3) is 0 Å². The Morgan fingerprint density at radius 2 is 1.62 bits per heavy atom. The molecule has 2 fully saturated rings. The van der Waals surface area contributed by atoms with Gasteiger partial charge in [0.1, 0.15) is 25.2 Å². The quantitative estimate of drug-likeness (QED) is 0.0787. The summed E-state index contributed by atoms with van der Waals surface area (Å²) in [6.07, 6.45) is 12.5. The Bertz CT molecular complexity index is 2580. The molecule has 0 aromatic heterocycles. The van der Waals surface area contributed by atoms with Crippen LogP contribution in [0.25, 0.3) is 0 Å². The van der Waals surface area contributed by atoms with Crippen LogP contribution in [-0.2, 0) is 85.9 Å². The SMILES string of the molecule is CCC.CNCC(=O)Nc1ccc(COC(=O)N(C)CCN(C)C(=O)N2C=CC3=NC2=Nc2ccc(OCCN4CCCC4)c(c2)COC/C=C/COCc2cccc3c2)cc1.[B]NC(CC(N)=O)C(=O)N1CCCC1C=O.[Y]. The van der Waals surface area contributed by atoms with Crippen molar-refractivity contribution in [2.24, 2.45) is 15.7 Å². The number of likely N-dealkylation sites (tertiary alicyclic amines) is 2. The molecule has 4 heterocycles. The molecule has 0 aliphatic carbocycles. The molecule has 23 heteroatoms. The molecular weight excluding hydrogens is 1090 g/mol. The van der Waals surface area contributed by atoms with Crippen LogP contribution in [0.4, 0.5) is 21.0 Å². The van der Waals surface area contributed by atoms with Gasteiger partial charge in [-0.1, -0.05) is 62.8 Å². The molecule has 2 atom stereocenters. The third-order valence-corrected chi connectivity index (χ3v) is 12.5. The number of amides is 6. The topological polar surface area (TPSA) is 242 Å². The van der Waals surface area contributed by atoms with E-state index in [-0.39, 0.29) is 89.2 Å². The molecule has 3 radical (unpaired) electrons. The minimum Gasteiger partial charge on any atom is -0.492 e. The number of fused-ring (bicyclic) bond motifs is 6. The Labute approximate surface area is 491 Å². The number of ether oxygens (including phenoxy) is 4. The maximum atomic E-state index is 14.1. The molecule has 79 heavy (non-hydrogen) atoms. The molecule has 2 unspecified atom stereocenters. The van der Waals surface area contributed by atoms with Crippen molar-refractivity contribution < 1.29 is 80.4 Å². The average molecular weight is 1160 g/mol. The third-order valence-electron chi connectivity index (χ3n) is 12.5. The molecule has 0 spiro atoms. The van der Waals surface area contributed by atoms with Crippen LogP contribution in [0.2, 0.25) is 0 Å². The van der Waals surface area contributed by atoms with E-state index in [2.05, 4.69) is 34.6 Å². The summed E-state index contributed by atoms with van der Waals surface area (Å²) in [5.41, 5.74) is 10.3. The van der Waals surface area contributed by atoms with E-state index >= 15 is 0 Å². The van der Waals surface area contributed by atoms with Crippen LogP contribution in [-0.4, -0.2) is 179 Å². The number of nitrogens with zero attached hydrogens (tertiary/aromatic N) is 7. The zero-order valence-corrected chi connectivity index (χ0v) is 49.1. The number of carbonyl (C=O) groups is 6. The van der Waals surface area contributed by atoms with Crippen molar-refractivity contribution in [3.63, 3.8) is 0 Å². The van der Waals surface area contributed by atoms with Crippen molar-refractivity contribution in [1.29, 1.82) is 0 Å². The molecule has 3 aromatic carbocycles. The van der Waals surface area contributed by atoms with Crippen LogP contribution in [0.15, 0.2) is 101 Å². The zero-order valence-electron chi connectivity index (χ0n) is 46.3. The van der Waals surface area contributed by atoms with Gasteiger partial charge in [-0.15, -0.1) is 0 Å². The minimum absolute atomic E-state index is 0. The summed E-state index contributed by atoms with van der Waals surface area (Å²) in [5.74, 6) is -0.216. The molecule has 21 nitrogen and oxygen atoms in total. The Morgan fingerprint density at radius 1 is 0.911 bits per heavy atom. The summed E-state index contributed by atoms with van der Waals surface area (Å²) >= 11 is 0. The van der Waals surface area contributed by atoms with E-state index in [9.17, 15) is 28.8 Å². The normalized spacial score (nSPS) is 16.7. The van der Waals surface area contributed by atoms with Crippen molar-refractivity contribution in [2.45, 2.75) is 84.3 Å². The number of nitrogens with two attached hydrogens (primary N) is 1. The number of benzene rings is 3. The minimum atomic E-state index is -0.849. The van der Waals surface area contributed by atoms with Gasteiger partial charge in [0.2, 0.25) is 23.7 Å². The standard InChI is InChI=1S/C44H54N8O7.C9H14BN3O3.C3H8.Y/c1-45-29-41(53)46-37-13-11-33(12-14-37)31-59-44(55)50(3)22-21-49(2)43(54)52-20-17-39-35-10-8-9-34(27-35)30-56-24-6-7-25-57-32-36-28-38(47-42(52)48-39)15-16-40(36)58-26-23-51-18-4-5-19-51;10-12-7(4-8(11)15)9(16)13-3-1-2-6(13)5-14;1-3-2;/h6-17,20,27-28,45H,4-5,18-19,21-26,29-32H2,1-3H3,(H,46,53);5-7,12H,1-4H2,(H2,11,15);3H2,1-2H3;/b7-6+,47-42?;;;. The molecule has 6 bridgehead atoms. The maximum Gasteiger partial charge on any atom is 0.409 e. The van der Waals surface area contributed by atoms with Crippen LogP contribution in [0, 0.1) is 0 Å². The number of allylic oxidation sites excluding steroid dienone is 1. The van der Waals surface area contributed by atoms with Crippen molar-refractivity contribution in [3.05, 3.63) is 113 Å². The molecule has 5 N–H and O–H groups in total. The number of likely N-dealkylation sites (N-methyl/N-ethyl adjacent to an activating group) is 3. The summed E-state index contributed by atoms with van der Waals surface area (Å²) in [5, 5.41) is 7.83. The van der Waals surface area contributed by atoms with E-state index in [4.69, 9.17) is 42.6 Å². The Hall–Kier alpha value is -6.13. The van der Waals surface area contributed by atoms with Crippen molar-refractivity contribution >= 4 is 67.2 Å². The molecule has 4 aliphatic heterocycles. The number of guanidine groups is 1. The smallest absolute Gasteiger partial charge is 0.409 e. The fourth-order valence-electron chi connectivity index (χ4n) is 8.34. The number of nitrogens with one attached hydrogen (secondary N) is 3. The molecule has 3 aromatic rings. The van der Waals surface area contributed by atoms with Crippen LogP contribution in [0.3, 0.4) is 0 Å². The zero-order chi connectivity index (χ0) is 56.2. The second-order valence-electron chi connectivity index (χ2n) is 18.9. The summed E-state index contributed by atoms with van der Waals surface area (Å²) in [6, 6.07) is 19.0. The molecule has 6 amide bonds. The van der Waals surface area contributed by atoms with Crippen molar-refractivity contribution in [1.82, 2.24) is 35.0 Å². The number of rotatable bonds is 17. The number of hydrogen-bond donors (Lipinski definition) is 4. The van der Waals surface area contributed by atoms with Crippen LogP contribution in [0.5, 0.6) is 5.75 Å². The first-order valence-electron chi connectivity index (χ1n) is 26.5. The predicted molar refractivity (Wildman–Crippen MR) is 300 cm³/mol. The predicted octanol–water partition coefficient (Wildman–Crippen LogP) is 5.06. The fourth-order valence-corrected chi connectivity index (χ4v) is 8.34. The van der Waals surface area contributed by atoms with Crippen LogP contribution >= 0.6 is 0 Å². The fraction of sp³-hybridized carbons (Fsp3) is 0.464. The van der Waals surface area contributed by atoms with Gasteiger partial charge in [-0.3, -0.25) is 19.3 Å². The number of anilines is 1. The number of primary amides is 1. The Balaban J connectivity index is 0.000000571. The largest absolute Gasteiger partial charge is 0.492 e. The Morgan fingerprint density at radius 3 is 2.30 bits per heavy atom. The summed E-state index contributed by atoms with van der Waals surface area (Å²) in [7, 11) is 10.2. The van der Waals surface area contributed by atoms with E-state index in [1.54, 1.807) is 57.7 Å². The number of carbonyl (C=O) groups excluding carboxylic acids is 6. The van der Waals surface area contributed by atoms with E-state index in [0.29, 0.717) is 63.1 Å². The van der Waals surface area contributed by atoms with Gasteiger partial charge in [-0.05, 0) is 99.4 Å². The number of aldehydes is 1. The monoisotopic (exact) mass is 1160 g/mol. The Kier molecular flexibility index (Phi) is 29.4. The van der Waals surface area contributed by atoms with Crippen molar-refractivity contribution in [2.75, 3.05) is 92.1 Å². The summed E-state index contributed by atoms with van der Waals surface area (Å²) in [6.45, 7) is 10.6. The summed E-state index contributed by atoms with van der Waals surface area (Å²) < 4.78 is 23.7. The summed E-state index contributed by atoms with van der Waals surface area (Å²) in [4.78, 5) is 90.1. The first-order chi connectivity index (χ1) is 37.8. The molecule has 7 rings (SSSR count). The first kappa shape index (κ1) is 65.4. The van der Waals surface area contributed by atoms with Gasteiger partial charge in [0.15, 0.2) is 7.98 Å². The number of aliphatic imine (C=N–C) groups is 2. The third kappa shape index (κ3) is 21.8. The van der Waals surface area contributed by atoms with Gasteiger partial charge in [-0.2, -0.15) is 0 Å². The van der Waals surface area contributed by atoms with E-state index < -0.39 is 24.1 Å². The number of urea groups is 1. The van der Waals surface area contributed by atoms with Gasteiger partial charge in [-0.25, -0.2) is 24.5 Å². The average Bonchev–Trinajstić information content (AvgIpc) is 4.17. The molecular formula is C56H76BN11O10Y. The molecule has 4 aliphatic rings. The van der Waals surface area contributed by atoms with Crippen LogP contribution < -0.4 is 26.3 Å². The second-order valence-corrected chi connectivity index (χ2v) is 18.9. The van der Waals surface area contributed by atoms with Gasteiger partial charge < -0.3 is 60.0 Å². The van der Waals surface area contributed by atoms with E-state index in [1.807, 2.05) is 54.6 Å². The van der Waals surface area contributed by atoms with Gasteiger partial charge in [0.05, 0.1) is 56.5 Å². The van der Waals surface area contributed by atoms with E-state index in [0.717, 1.165) is 60.3 Å². The van der Waals surface area contributed by atoms with E-state index in [1.165, 1.54) is 38.9 Å². The van der Waals surface area contributed by atoms with Gasteiger partial charge >= 0.3 is 12.1 Å².